The zero-order chi connectivity index (χ0) is 15.6. The summed E-state index contributed by atoms with van der Waals surface area (Å²) in [6.07, 6.45) is 0. The molecule has 2 heterocycles. The number of piperazine rings is 1. The van der Waals surface area contributed by atoms with Crippen LogP contribution in [0.25, 0.3) is 10.2 Å². The Morgan fingerprint density at radius 1 is 1.16 bits per heavy atom. The SMILES string of the molecule is Cl.Cl.Fc1cccc(C2CNCCN2Cc2nc3ccccc3s2)c1. The third kappa shape index (κ3) is 4.49. The summed E-state index contributed by atoms with van der Waals surface area (Å²) in [5.41, 5.74) is 2.09. The highest BCUT2D eigenvalue weighted by Gasteiger charge is 2.25. The van der Waals surface area contributed by atoms with Gasteiger partial charge >= 0.3 is 0 Å². The minimum absolute atomic E-state index is 0. The number of fused-ring (bicyclic) bond motifs is 1. The largest absolute Gasteiger partial charge is 0.314 e. The molecule has 3 nitrogen and oxygen atoms in total. The van der Waals surface area contributed by atoms with Crippen LogP contribution in [0.2, 0.25) is 0 Å². The van der Waals surface area contributed by atoms with E-state index < -0.39 is 0 Å². The molecular formula is C18H20Cl2FN3S. The van der Waals surface area contributed by atoms with Crippen LogP contribution < -0.4 is 5.32 Å². The van der Waals surface area contributed by atoms with Crippen molar-refractivity contribution in [3.05, 3.63) is 64.9 Å². The number of rotatable bonds is 3. The molecule has 0 amide bonds. The fourth-order valence-electron chi connectivity index (χ4n) is 3.14. The number of nitrogens with zero attached hydrogens (tertiary/aromatic N) is 2. The van der Waals surface area contributed by atoms with Crippen molar-refractivity contribution >= 4 is 46.4 Å². The van der Waals surface area contributed by atoms with Crippen molar-refractivity contribution in [3.63, 3.8) is 0 Å². The van der Waals surface area contributed by atoms with Gasteiger partial charge in [0.15, 0.2) is 0 Å². The molecule has 3 aromatic rings. The number of hydrogen-bond donors (Lipinski definition) is 1. The molecule has 1 atom stereocenters. The van der Waals surface area contributed by atoms with Crippen LogP contribution in [0.3, 0.4) is 0 Å². The predicted molar refractivity (Wildman–Crippen MR) is 107 cm³/mol. The van der Waals surface area contributed by atoms with Gasteiger partial charge in [0, 0.05) is 25.7 Å². The van der Waals surface area contributed by atoms with Crippen LogP contribution in [0.1, 0.15) is 16.6 Å². The highest BCUT2D eigenvalue weighted by atomic mass is 35.5. The standard InChI is InChI=1S/C18H18FN3S.2ClH/c19-14-5-3-4-13(10-14)16-11-20-8-9-22(16)12-18-21-15-6-1-2-7-17(15)23-18;;/h1-7,10,16,20H,8-9,11-12H2;2*1H. The molecule has 2 aromatic carbocycles. The van der Waals surface area contributed by atoms with E-state index in [1.54, 1.807) is 23.5 Å². The van der Waals surface area contributed by atoms with Crippen LogP contribution >= 0.6 is 36.2 Å². The van der Waals surface area contributed by atoms with Gasteiger partial charge < -0.3 is 5.32 Å². The van der Waals surface area contributed by atoms with Gasteiger partial charge in [0.1, 0.15) is 10.8 Å². The average molecular weight is 400 g/mol. The molecule has 1 aliphatic rings. The van der Waals surface area contributed by atoms with Gasteiger partial charge in [-0.3, -0.25) is 4.90 Å². The molecule has 0 aliphatic carbocycles. The molecule has 25 heavy (non-hydrogen) atoms. The zero-order valence-corrected chi connectivity index (χ0v) is 16.0. The highest BCUT2D eigenvalue weighted by molar-refractivity contribution is 7.18. The molecule has 0 radical (unpaired) electrons. The molecule has 4 rings (SSSR count). The van der Waals surface area contributed by atoms with E-state index in [-0.39, 0.29) is 36.7 Å². The van der Waals surface area contributed by atoms with Gasteiger partial charge in [-0.05, 0) is 29.8 Å². The minimum Gasteiger partial charge on any atom is -0.314 e. The number of thiazole rings is 1. The van der Waals surface area contributed by atoms with E-state index in [1.165, 1.54) is 10.8 Å². The van der Waals surface area contributed by atoms with Gasteiger partial charge in [0.25, 0.3) is 0 Å². The number of hydrogen-bond acceptors (Lipinski definition) is 4. The molecule has 1 fully saturated rings. The summed E-state index contributed by atoms with van der Waals surface area (Å²) >= 11 is 1.74. The number of aromatic nitrogens is 1. The van der Waals surface area contributed by atoms with E-state index in [0.29, 0.717) is 0 Å². The fourth-order valence-corrected chi connectivity index (χ4v) is 4.13. The third-order valence-corrected chi connectivity index (χ3v) is 5.29. The molecule has 7 heteroatoms. The van der Waals surface area contributed by atoms with Crippen molar-refractivity contribution in [2.24, 2.45) is 0 Å². The Balaban J connectivity index is 0.00000113. The molecule has 1 N–H and O–H groups in total. The zero-order valence-electron chi connectivity index (χ0n) is 13.5. The molecule has 1 aliphatic heterocycles. The Hall–Kier alpha value is -1.24. The molecule has 0 spiro atoms. The van der Waals surface area contributed by atoms with Crippen molar-refractivity contribution in [2.45, 2.75) is 12.6 Å². The maximum atomic E-state index is 13.6. The Morgan fingerprint density at radius 3 is 2.80 bits per heavy atom. The van der Waals surface area contributed by atoms with E-state index in [9.17, 15) is 4.39 Å². The van der Waals surface area contributed by atoms with E-state index in [0.717, 1.165) is 42.3 Å². The summed E-state index contributed by atoms with van der Waals surface area (Å²) in [5.74, 6) is -0.173. The molecule has 0 bridgehead atoms. The maximum Gasteiger partial charge on any atom is 0.123 e. The average Bonchev–Trinajstić information content (AvgIpc) is 2.97. The summed E-state index contributed by atoms with van der Waals surface area (Å²) in [5, 5.41) is 4.53. The highest BCUT2D eigenvalue weighted by Crippen LogP contribution is 2.28. The second-order valence-corrected chi connectivity index (χ2v) is 6.94. The van der Waals surface area contributed by atoms with Crippen LogP contribution in [0.4, 0.5) is 4.39 Å². The molecule has 1 aromatic heterocycles. The van der Waals surface area contributed by atoms with Crippen molar-refractivity contribution in [2.75, 3.05) is 19.6 Å². The maximum absolute atomic E-state index is 13.6. The first kappa shape index (κ1) is 20.1. The number of nitrogens with one attached hydrogen (secondary N) is 1. The van der Waals surface area contributed by atoms with Crippen LogP contribution in [-0.4, -0.2) is 29.5 Å². The lowest BCUT2D eigenvalue weighted by Crippen LogP contribution is -2.45. The quantitative estimate of drug-likeness (QED) is 0.705. The summed E-state index contributed by atoms with van der Waals surface area (Å²) in [4.78, 5) is 7.13. The second kappa shape index (κ2) is 8.92. The lowest BCUT2D eigenvalue weighted by molar-refractivity contribution is 0.153. The number of benzene rings is 2. The molecule has 1 unspecified atom stereocenters. The van der Waals surface area contributed by atoms with Crippen molar-refractivity contribution < 1.29 is 4.39 Å². The minimum atomic E-state index is -0.173. The third-order valence-electron chi connectivity index (χ3n) is 4.26. The fraction of sp³-hybridized carbons (Fsp3) is 0.278. The first-order chi connectivity index (χ1) is 11.3. The van der Waals surface area contributed by atoms with Crippen LogP contribution in [-0.2, 0) is 6.54 Å². The number of para-hydroxylation sites is 1. The van der Waals surface area contributed by atoms with Crippen molar-refractivity contribution in [3.8, 4) is 0 Å². The molecule has 134 valence electrons. The Kier molecular flexibility index (Phi) is 7.16. The summed E-state index contributed by atoms with van der Waals surface area (Å²) < 4.78 is 14.8. The van der Waals surface area contributed by atoms with Gasteiger partial charge in [-0.2, -0.15) is 0 Å². The summed E-state index contributed by atoms with van der Waals surface area (Å²) in [6, 6.07) is 15.3. The first-order valence-electron chi connectivity index (χ1n) is 7.84. The predicted octanol–water partition coefficient (Wildman–Crippen LogP) is 4.43. The monoisotopic (exact) mass is 399 g/mol. The Labute approximate surface area is 163 Å². The summed E-state index contributed by atoms with van der Waals surface area (Å²) in [7, 11) is 0. The van der Waals surface area contributed by atoms with Crippen LogP contribution in [0, 0.1) is 5.82 Å². The van der Waals surface area contributed by atoms with Gasteiger partial charge in [-0.15, -0.1) is 36.2 Å². The van der Waals surface area contributed by atoms with Gasteiger partial charge in [0.05, 0.1) is 16.8 Å². The molecule has 1 saturated heterocycles. The van der Waals surface area contributed by atoms with Gasteiger partial charge in [-0.1, -0.05) is 24.3 Å². The van der Waals surface area contributed by atoms with E-state index in [4.69, 9.17) is 4.98 Å². The summed E-state index contributed by atoms with van der Waals surface area (Å²) in [6.45, 7) is 3.55. The smallest absolute Gasteiger partial charge is 0.123 e. The topological polar surface area (TPSA) is 28.2 Å². The lowest BCUT2D eigenvalue weighted by atomic mass is 10.0. The van der Waals surface area contributed by atoms with E-state index >= 15 is 0 Å². The molecular weight excluding hydrogens is 380 g/mol. The van der Waals surface area contributed by atoms with Crippen molar-refractivity contribution in [1.29, 1.82) is 0 Å². The van der Waals surface area contributed by atoms with Crippen LogP contribution in [0.15, 0.2) is 48.5 Å². The van der Waals surface area contributed by atoms with Crippen LogP contribution in [0.5, 0.6) is 0 Å². The van der Waals surface area contributed by atoms with Gasteiger partial charge in [0.2, 0.25) is 0 Å². The normalized spacial score (nSPS) is 17.7. The second-order valence-electron chi connectivity index (χ2n) is 5.82. The molecule has 0 saturated carbocycles. The van der Waals surface area contributed by atoms with E-state index in [2.05, 4.69) is 22.3 Å². The van der Waals surface area contributed by atoms with E-state index in [1.807, 2.05) is 18.2 Å². The van der Waals surface area contributed by atoms with Crippen molar-refractivity contribution in [1.82, 2.24) is 15.2 Å². The number of halogens is 3. The van der Waals surface area contributed by atoms with Gasteiger partial charge in [-0.25, -0.2) is 9.37 Å². The first-order valence-corrected chi connectivity index (χ1v) is 8.66. The Morgan fingerprint density at radius 2 is 2.00 bits per heavy atom. The lowest BCUT2D eigenvalue weighted by Gasteiger charge is -2.36. The Bertz CT molecular complexity index is 794.